The molecule has 0 fully saturated rings. The zero-order valence-corrected chi connectivity index (χ0v) is 11.8. The summed E-state index contributed by atoms with van der Waals surface area (Å²) in [4.78, 5) is 20.5. The molecule has 2 N–H and O–H groups in total. The van der Waals surface area contributed by atoms with Crippen LogP contribution in [0.3, 0.4) is 0 Å². The maximum Gasteiger partial charge on any atom is 0.320 e. The molecule has 0 aromatic rings. The van der Waals surface area contributed by atoms with E-state index in [2.05, 4.69) is 5.09 Å². The van der Waals surface area contributed by atoms with Crippen molar-refractivity contribution in [3.8, 4) is 0 Å². The van der Waals surface area contributed by atoms with Crippen molar-refractivity contribution in [2.75, 3.05) is 26.2 Å². The first-order valence-electron chi connectivity index (χ1n) is 4.79. The molecule has 0 radical (unpaired) electrons. The number of carbonyl (C=O) groups excluding carboxylic acids is 1. The van der Waals surface area contributed by atoms with Crippen molar-refractivity contribution < 1.29 is 23.5 Å². The Morgan fingerprint density at radius 2 is 2.06 bits per heavy atom. The third-order valence-electron chi connectivity index (χ3n) is 1.33. The fraction of sp³-hybridized carbons (Fsp3) is 0.875. The molecule has 0 aliphatic rings. The van der Waals surface area contributed by atoms with Crippen LogP contribution in [0.15, 0.2) is 0 Å². The molecule has 16 heavy (non-hydrogen) atoms. The van der Waals surface area contributed by atoms with Gasteiger partial charge in [-0.15, -0.1) is 0 Å². The minimum atomic E-state index is -3.60. The number of ether oxygens (including phenoxy) is 1. The van der Waals surface area contributed by atoms with Gasteiger partial charge < -0.3 is 14.2 Å². The lowest BCUT2D eigenvalue weighted by molar-refractivity contribution is -0.145. The van der Waals surface area contributed by atoms with Gasteiger partial charge in [-0.05, 0) is 27.2 Å². The molecule has 6 nitrogen and oxygen atoms in total. The van der Waals surface area contributed by atoms with Gasteiger partial charge >= 0.3 is 5.97 Å². The first kappa shape index (κ1) is 16.0. The SMILES string of the molecule is CC(C)OC(=O)CNP(=O)(O)COP(C)C. The second-order valence-corrected chi connectivity index (χ2v) is 7.51. The second-order valence-electron chi connectivity index (χ2n) is 3.65. The average molecular weight is 271 g/mol. The van der Waals surface area contributed by atoms with Gasteiger partial charge in [0.25, 0.3) is 7.52 Å². The molecule has 0 aliphatic carbocycles. The van der Waals surface area contributed by atoms with Gasteiger partial charge in [-0.25, -0.2) is 5.09 Å². The standard InChI is InChI=1S/C8H19NO5P2/c1-7(2)14-8(10)5-9-16(11,12)6-13-15(3)4/h7H,5-6H2,1-4H3,(H2,9,11,12). The minimum absolute atomic E-state index is 0.234. The third-order valence-corrected chi connectivity index (χ3v) is 3.31. The number of hydrogen-bond acceptors (Lipinski definition) is 4. The fourth-order valence-electron chi connectivity index (χ4n) is 0.732. The van der Waals surface area contributed by atoms with Crippen molar-refractivity contribution >= 4 is 21.6 Å². The van der Waals surface area contributed by atoms with E-state index in [1.807, 2.05) is 13.3 Å². The Balaban J connectivity index is 3.89. The molecular weight excluding hydrogens is 252 g/mol. The van der Waals surface area contributed by atoms with Crippen LogP contribution in [0.25, 0.3) is 0 Å². The molecule has 0 rings (SSSR count). The molecule has 0 bridgehead atoms. The Morgan fingerprint density at radius 1 is 1.50 bits per heavy atom. The van der Waals surface area contributed by atoms with Gasteiger partial charge in [-0.3, -0.25) is 9.36 Å². The Bertz CT molecular complexity index is 269. The van der Waals surface area contributed by atoms with Crippen molar-refractivity contribution in [3.05, 3.63) is 0 Å². The monoisotopic (exact) mass is 271 g/mol. The van der Waals surface area contributed by atoms with E-state index in [0.717, 1.165) is 0 Å². The molecular formula is C8H19NO5P2. The first-order valence-corrected chi connectivity index (χ1v) is 8.79. The predicted octanol–water partition coefficient (Wildman–Crippen LogP) is 1.34. The topological polar surface area (TPSA) is 84.9 Å². The summed E-state index contributed by atoms with van der Waals surface area (Å²) >= 11 is 0. The van der Waals surface area contributed by atoms with Crippen LogP contribution in [0.2, 0.25) is 0 Å². The highest BCUT2D eigenvalue weighted by atomic mass is 31.2. The summed E-state index contributed by atoms with van der Waals surface area (Å²) in [5.41, 5.74) is 0. The number of carbonyl (C=O) groups is 1. The lowest BCUT2D eigenvalue weighted by Crippen LogP contribution is -2.25. The van der Waals surface area contributed by atoms with Crippen LogP contribution in [0, 0.1) is 0 Å². The number of esters is 1. The number of hydrogen-bond donors (Lipinski definition) is 2. The smallest absolute Gasteiger partial charge is 0.320 e. The molecule has 0 saturated heterocycles. The predicted molar refractivity (Wildman–Crippen MR) is 63.8 cm³/mol. The van der Waals surface area contributed by atoms with Crippen LogP contribution >= 0.6 is 15.7 Å². The highest BCUT2D eigenvalue weighted by molar-refractivity contribution is 7.57. The van der Waals surface area contributed by atoms with Crippen molar-refractivity contribution in [1.29, 1.82) is 0 Å². The highest BCUT2D eigenvalue weighted by Crippen LogP contribution is 2.40. The lowest BCUT2D eigenvalue weighted by Gasteiger charge is -2.15. The normalized spacial score (nSPS) is 15.2. The van der Waals surface area contributed by atoms with E-state index in [1.54, 1.807) is 13.8 Å². The highest BCUT2D eigenvalue weighted by Gasteiger charge is 2.20. The maximum atomic E-state index is 11.4. The van der Waals surface area contributed by atoms with Crippen LogP contribution in [0.5, 0.6) is 0 Å². The van der Waals surface area contributed by atoms with Gasteiger partial charge in [0.15, 0.2) is 0 Å². The zero-order chi connectivity index (χ0) is 12.8. The first-order chi connectivity index (χ1) is 7.23. The number of rotatable bonds is 7. The molecule has 8 heteroatoms. The molecule has 0 spiro atoms. The summed E-state index contributed by atoms with van der Waals surface area (Å²) in [6.07, 6.45) is -0.525. The number of nitrogens with one attached hydrogen (secondary N) is 1. The van der Waals surface area contributed by atoms with Gasteiger partial charge in [-0.2, -0.15) is 0 Å². The Labute approximate surface area is 97.0 Å². The third kappa shape index (κ3) is 9.25. The van der Waals surface area contributed by atoms with Crippen molar-refractivity contribution in [1.82, 2.24) is 5.09 Å². The summed E-state index contributed by atoms with van der Waals surface area (Å²) in [6.45, 7) is 6.77. The van der Waals surface area contributed by atoms with Gasteiger partial charge in [0.05, 0.1) is 6.10 Å². The van der Waals surface area contributed by atoms with E-state index in [1.165, 1.54) is 0 Å². The van der Waals surface area contributed by atoms with Crippen LogP contribution in [-0.4, -0.2) is 43.2 Å². The van der Waals surface area contributed by atoms with Gasteiger partial charge in [0.2, 0.25) is 0 Å². The quantitative estimate of drug-likeness (QED) is 0.537. The summed E-state index contributed by atoms with van der Waals surface area (Å²) in [5, 5.41) is 2.24. The van der Waals surface area contributed by atoms with E-state index in [-0.39, 0.29) is 19.0 Å². The largest absolute Gasteiger partial charge is 0.462 e. The Hall–Kier alpha value is 0.01000. The molecule has 0 heterocycles. The van der Waals surface area contributed by atoms with E-state index in [0.29, 0.717) is 0 Å². The van der Waals surface area contributed by atoms with Gasteiger partial charge in [-0.1, -0.05) is 0 Å². The van der Waals surface area contributed by atoms with E-state index in [9.17, 15) is 14.3 Å². The second kappa shape index (κ2) is 7.36. The van der Waals surface area contributed by atoms with E-state index >= 15 is 0 Å². The summed E-state index contributed by atoms with van der Waals surface area (Å²) in [7, 11) is -4.29. The summed E-state index contributed by atoms with van der Waals surface area (Å²) < 4.78 is 21.3. The molecule has 0 aromatic carbocycles. The fourth-order valence-corrected chi connectivity index (χ4v) is 2.75. The summed E-state index contributed by atoms with van der Waals surface area (Å²) in [5.74, 6) is -0.556. The van der Waals surface area contributed by atoms with Crippen LogP contribution < -0.4 is 5.09 Å². The van der Waals surface area contributed by atoms with E-state index < -0.39 is 21.6 Å². The van der Waals surface area contributed by atoms with Crippen LogP contribution in [0.1, 0.15) is 13.8 Å². The van der Waals surface area contributed by atoms with Crippen molar-refractivity contribution in [3.63, 3.8) is 0 Å². The summed E-state index contributed by atoms with van der Waals surface area (Å²) in [6, 6.07) is 0. The molecule has 1 unspecified atom stereocenters. The Kier molecular flexibility index (Phi) is 7.36. The zero-order valence-electron chi connectivity index (χ0n) is 9.97. The average Bonchev–Trinajstić information content (AvgIpc) is 2.11. The van der Waals surface area contributed by atoms with Crippen molar-refractivity contribution in [2.24, 2.45) is 0 Å². The minimum Gasteiger partial charge on any atom is -0.462 e. The lowest BCUT2D eigenvalue weighted by atomic mass is 10.5. The molecule has 96 valence electrons. The molecule has 0 saturated carbocycles. The van der Waals surface area contributed by atoms with Crippen LogP contribution in [0.4, 0.5) is 0 Å². The molecule has 1 atom stereocenters. The maximum absolute atomic E-state index is 11.4. The van der Waals surface area contributed by atoms with Gasteiger partial charge in [0, 0.05) is 8.15 Å². The molecule has 0 aromatic heterocycles. The van der Waals surface area contributed by atoms with Crippen molar-refractivity contribution in [2.45, 2.75) is 20.0 Å². The van der Waals surface area contributed by atoms with Gasteiger partial charge in [0.1, 0.15) is 12.9 Å². The van der Waals surface area contributed by atoms with E-state index in [4.69, 9.17) is 9.26 Å². The van der Waals surface area contributed by atoms with Crippen LogP contribution in [-0.2, 0) is 18.6 Å². The molecule has 0 aliphatic heterocycles. The Morgan fingerprint density at radius 3 is 2.50 bits per heavy atom. The molecule has 0 amide bonds.